The highest BCUT2D eigenvalue weighted by atomic mass is 19.1. The summed E-state index contributed by atoms with van der Waals surface area (Å²) >= 11 is 0. The third-order valence-corrected chi connectivity index (χ3v) is 2.45. The molecule has 0 amide bonds. The van der Waals surface area contributed by atoms with Crippen LogP contribution in [0, 0.1) is 12.7 Å². The van der Waals surface area contributed by atoms with Gasteiger partial charge in [0.2, 0.25) is 11.9 Å². The summed E-state index contributed by atoms with van der Waals surface area (Å²) < 4.78 is 19.3. The van der Waals surface area contributed by atoms with Crippen LogP contribution in [0.5, 0.6) is 11.5 Å². The third-order valence-electron chi connectivity index (χ3n) is 2.45. The van der Waals surface area contributed by atoms with Crippen molar-refractivity contribution in [3.63, 3.8) is 0 Å². The van der Waals surface area contributed by atoms with Crippen molar-refractivity contribution in [2.75, 3.05) is 0 Å². The molecule has 0 aliphatic carbocycles. The van der Waals surface area contributed by atoms with Crippen molar-refractivity contribution >= 4 is 0 Å². The van der Waals surface area contributed by atoms with Gasteiger partial charge in [0.1, 0.15) is 23.9 Å². The average Bonchev–Trinajstić information content (AvgIpc) is 2.29. The maximum absolute atomic E-state index is 13.0. The topological polar surface area (TPSA) is 53.6 Å². The van der Waals surface area contributed by atoms with Gasteiger partial charge < -0.3 is 9.84 Å². The monoisotopic (exact) mass is 250 g/mol. The number of halogens is 1. The van der Waals surface area contributed by atoms with Gasteiger partial charge in [-0.25, -0.2) is 4.39 Å². The molecule has 0 bridgehead atoms. The molecule has 0 saturated heterocycles. The Hall–Kier alpha value is -2.30. The SMILES string of the molecule is Cc1ccc(COc2cc(O)cc(F)c2)c[n+]1O. The summed E-state index contributed by atoms with van der Waals surface area (Å²) in [4.78, 5) is 0. The fraction of sp³-hybridized carbons (Fsp3) is 0.154. The van der Waals surface area contributed by atoms with Crippen LogP contribution in [0.4, 0.5) is 4.39 Å². The Bertz CT molecular complexity index is 552. The van der Waals surface area contributed by atoms with E-state index in [2.05, 4.69) is 0 Å². The highest BCUT2D eigenvalue weighted by molar-refractivity contribution is 5.33. The number of nitrogens with zero attached hydrogens (tertiary/aromatic N) is 1. The van der Waals surface area contributed by atoms with E-state index in [9.17, 15) is 14.7 Å². The molecule has 0 saturated carbocycles. The highest BCUT2D eigenvalue weighted by Gasteiger charge is 2.07. The Morgan fingerprint density at radius 1 is 1.28 bits per heavy atom. The lowest BCUT2D eigenvalue weighted by atomic mass is 10.2. The molecule has 2 rings (SSSR count). The number of aromatic hydroxyl groups is 1. The van der Waals surface area contributed by atoms with Gasteiger partial charge in [-0.05, 0) is 6.07 Å². The number of pyridine rings is 1. The number of aryl methyl sites for hydroxylation is 1. The van der Waals surface area contributed by atoms with Crippen LogP contribution >= 0.6 is 0 Å². The van der Waals surface area contributed by atoms with Crippen molar-refractivity contribution < 1.29 is 24.2 Å². The molecule has 2 aromatic rings. The zero-order valence-electron chi connectivity index (χ0n) is 9.80. The molecule has 94 valence electrons. The highest BCUT2D eigenvalue weighted by Crippen LogP contribution is 2.21. The first kappa shape index (κ1) is 12.2. The van der Waals surface area contributed by atoms with E-state index in [1.165, 1.54) is 18.3 Å². The van der Waals surface area contributed by atoms with Gasteiger partial charge >= 0.3 is 0 Å². The largest absolute Gasteiger partial charge is 0.508 e. The molecule has 5 heteroatoms. The maximum Gasteiger partial charge on any atom is 0.231 e. The summed E-state index contributed by atoms with van der Waals surface area (Å²) in [6, 6.07) is 7.04. The molecule has 2 N–H and O–H groups in total. The van der Waals surface area contributed by atoms with E-state index >= 15 is 0 Å². The predicted octanol–water partition coefficient (Wildman–Crippen LogP) is 1.94. The van der Waals surface area contributed by atoms with Gasteiger partial charge in [0.15, 0.2) is 0 Å². The van der Waals surface area contributed by atoms with E-state index < -0.39 is 5.82 Å². The van der Waals surface area contributed by atoms with Crippen LogP contribution in [0.15, 0.2) is 36.5 Å². The number of aromatic nitrogens is 1. The number of benzene rings is 1. The molecule has 18 heavy (non-hydrogen) atoms. The van der Waals surface area contributed by atoms with Crippen LogP contribution < -0.4 is 9.47 Å². The van der Waals surface area contributed by atoms with Crippen molar-refractivity contribution in [3.05, 3.63) is 53.6 Å². The Labute approximate surface area is 103 Å². The fourth-order valence-corrected chi connectivity index (χ4v) is 1.49. The van der Waals surface area contributed by atoms with Crippen LogP contribution in [-0.2, 0) is 6.61 Å². The van der Waals surface area contributed by atoms with Crippen molar-refractivity contribution in [3.8, 4) is 11.5 Å². The number of rotatable bonds is 3. The molecule has 0 unspecified atom stereocenters. The second-order valence-corrected chi connectivity index (χ2v) is 3.96. The maximum atomic E-state index is 13.0. The van der Waals surface area contributed by atoms with E-state index in [4.69, 9.17) is 4.74 Å². The fourth-order valence-electron chi connectivity index (χ4n) is 1.49. The molecular formula is C13H13FNO3+. The van der Waals surface area contributed by atoms with Crippen molar-refractivity contribution in [2.24, 2.45) is 0 Å². The normalized spacial score (nSPS) is 10.3. The van der Waals surface area contributed by atoms with Gasteiger partial charge in [-0.3, -0.25) is 5.21 Å². The van der Waals surface area contributed by atoms with E-state index in [1.54, 1.807) is 19.1 Å². The van der Waals surface area contributed by atoms with Gasteiger partial charge in [0.25, 0.3) is 0 Å². The summed E-state index contributed by atoms with van der Waals surface area (Å²) in [7, 11) is 0. The lowest BCUT2D eigenvalue weighted by Gasteiger charge is -2.05. The summed E-state index contributed by atoms with van der Waals surface area (Å²) in [5.41, 5.74) is 1.43. The van der Waals surface area contributed by atoms with Crippen LogP contribution in [0.2, 0.25) is 0 Å². The predicted molar refractivity (Wildman–Crippen MR) is 61.0 cm³/mol. The van der Waals surface area contributed by atoms with Crippen molar-refractivity contribution in [1.29, 1.82) is 0 Å². The molecule has 4 nitrogen and oxygen atoms in total. The zero-order chi connectivity index (χ0) is 13.1. The number of ether oxygens (including phenoxy) is 1. The van der Waals surface area contributed by atoms with E-state index in [-0.39, 0.29) is 18.1 Å². The molecule has 0 fully saturated rings. The molecule has 1 aromatic carbocycles. The van der Waals surface area contributed by atoms with Gasteiger partial charge in [0, 0.05) is 35.9 Å². The van der Waals surface area contributed by atoms with E-state index in [1.807, 2.05) is 0 Å². The van der Waals surface area contributed by atoms with Crippen molar-refractivity contribution in [2.45, 2.75) is 13.5 Å². The number of hydrogen-bond acceptors (Lipinski definition) is 3. The van der Waals surface area contributed by atoms with E-state index in [0.29, 0.717) is 5.69 Å². The van der Waals surface area contributed by atoms with E-state index in [0.717, 1.165) is 16.4 Å². The molecule has 1 aromatic heterocycles. The molecule has 0 atom stereocenters. The first-order chi connectivity index (χ1) is 8.54. The first-order valence-electron chi connectivity index (χ1n) is 5.37. The first-order valence-corrected chi connectivity index (χ1v) is 5.37. The minimum atomic E-state index is -0.564. The minimum Gasteiger partial charge on any atom is -0.508 e. The quantitative estimate of drug-likeness (QED) is 0.646. The lowest BCUT2D eigenvalue weighted by molar-refractivity contribution is -0.909. The smallest absolute Gasteiger partial charge is 0.231 e. The zero-order valence-corrected chi connectivity index (χ0v) is 9.80. The Kier molecular flexibility index (Phi) is 3.32. The van der Waals surface area contributed by atoms with Crippen molar-refractivity contribution in [1.82, 2.24) is 0 Å². The Balaban J connectivity index is 2.08. The Morgan fingerprint density at radius 3 is 2.72 bits per heavy atom. The molecule has 0 radical (unpaired) electrons. The molecule has 0 aliphatic heterocycles. The molecule has 0 aliphatic rings. The summed E-state index contributed by atoms with van der Waals surface area (Å²) in [5, 5.41) is 18.7. The van der Waals surface area contributed by atoms with Crippen LogP contribution in [0.3, 0.4) is 0 Å². The van der Waals surface area contributed by atoms with Gasteiger partial charge in [-0.15, -0.1) is 0 Å². The summed E-state index contributed by atoms with van der Waals surface area (Å²) in [5.74, 6) is -0.519. The second-order valence-electron chi connectivity index (χ2n) is 3.96. The Morgan fingerprint density at radius 2 is 2.06 bits per heavy atom. The summed E-state index contributed by atoms with van der Waals surface area (Å²) in [6.07, 6.45) is 1.51. The van der Waals surface area contributed by atoms with Crippen LogP contribution in [0.25, 0.3) is 0 Å². The van der Waals surface area contributed by atoms with Crippen LogP contribution in [0.1, 0.15) is 11.3 Å². The molecule has 1 heterocycles. The molecule has 0 spiro atoms. The average molecular weight is 250 g/mol. The third kappa shape index (κ3) is 2.88. The lowest BCUT2D eigenvalue weighted by Crippen LogP contribution is -2.33. The van der Waals surface area contributed by atoms with Gasteiger partial charge in [-0.2, -0.15) is 0 Å². The summed E-state index contributed by atoms with van der Waals surface area (Å²) in [6.45, 7) is 1.93. The van der Waals surface area contributed by atoms with Gasteiger partial charge in [-0.1, -0.05) is 0 Å². The number of hydrogen-bond donors (Lipinski definition) is 2. The van der Waals surface area contributed by atoms with Gasteiger partial charge in [0.05, 0.1) is 5.56 Å². The standard InChI is InChI=1S/C13H12FNO3/c1-9-2-3-10(7-15(9)17)8-18-13-5-11(14)4-12(16)6-13/h2-7H,8H2,1H3,(H-,16,17)/p+1. The number of phenolic OH excluding ortho intramolecular Hbond substituents is 1. The second kappa shape index (κ2) is 4.91. The van der Waals surface area contributed by atoms with Crippen LogP contribution in [-0.4, -0.2) is 10.3 Å². The number of phenols is 1. The minimum absolute atomic E-state index is 0.170. The molecular weight excluding hydrogens is 237 g/mol.